The predicted molar refractivity (Wildman–Crippen MR) is 89.8 cm³/mol. The fourth-order valence-electron chi connectivity index (χ4n) is 2.17. The van der Waals surface area contributed by atoms with Gasteiger partial charge in [0.1, 0.15) is 24.5 Å². The van der Waals surface area contributed by atoms with E-state index in [2.05, 4.69) is 0 Å². The lowest BCUT2D eigenvalue weighted by Gasteiger charge is -2.07. The van der Waals surface area contributed by atoms with Crippen molar-refractivity contribution in [2.45, 2.75) is 4.90 Å². The van der Waals surface area contributed by atoms with E-state index >= 15 is 0 Å². The van der Waals surface area contributed by atoms with Gasteiger partial charge >= 0.3 is 5.97 Å². The Morgan fingerprint density at radius 1 is 1.04 bits per heavy atom. The lowest BCUT2D eigenvalue weighted by Crippen LogP contribution is -2.13. The molecule has 0 aliphatic carbocycles. The number of hydrogen-bond acceptors (Lipinski definition) is 6. The molecule has 0 saturated heterocycles. The molecule has 0 amide bonds. The molecular weight excluding hydrogens is 346 g/mol. The number of carbonyl (C=O) groups is 1. The highest BCUT2D eigenvalue weighted by atomic mass is 32.2. The number of fused-ring (bicyclic) bond motifs is 1. The molecule has 130 valence electrons. The Hall–Kier alpha value is -2.84. The number of hydrogen-bond donors (Lipinski definition) is 1. The molecule has 7 nitrogen and oxygen atoms in total. The second kappa shape index (κ2) is 6.96. The quantitative estimate of drug-likeness (QED) is 0.533. The summed E-state index contributed by atoms with van der Waals surface area (Å²) in [6.45, 7) is 0.132. The van der Waals surface area contributed by atoms with Gasteiger partial charge in [-0.25, -0.2) is 18.4 Å². The Bertz CT molecular complexity index is 958. The van der Waals surface area contributed by atoms with E-state index in [1.54, 1.807) is 12.1 Å². The molecule has 25 heavy (non-hydrogen) atoms. The van der Waals surface area contributed by atoms with Crippen molar-refractivity contribution in [3.8, 4) is 5.75 Å². The van der Waals surface area contributed by atoms with E-state index in [1.807, 2.05) is 18.2 Å². The molecule has 0 spiro atoms. The van der Waals surface area contributed by atoms with Gasteiger partial charge < -0.3 is 13.9 Å². The summed E-state index contributed by atoms with van der Waals surface area (Å²) in [7, 11) is -3.73. The van der Waals surface area contributed by atoms with E-state index < -0.39 is 16.0 Å². The van der Waals surface area contributed by atoms with E-state index in [1.165, 1.54) is 24.3 Å². The van der Waals surface area contributed by atoms with E-state index in [0.29, 0.717) is 11.3 Å². The Morgan fingerprint density at radius 3 is 2.44 bits per heavy atom. The number of rotatable bonds is 6. The summed E-state index contributed by atoms with van der Waals surface area (Å²) >= 11 is 0. The molecule has 0 atom stereocenters. The zero-order valence-electron chi connectivity index (χ0n) is 13.0. The molecule has 3 aromatic rings. The molecule has 2 N–H and O–H groups in total. The molecule has 0 radical (unpaired) electrons. The van der Waals surface area contributed by atoms with Crippen molar-refractivity contribution >= 4 is 27.0 Å². The minimum atomic E-state index is -3.73. The van der Waals surface area contributed by atoms with Gasteiger partial charge in [0.2, 0.25) is 15.8 Å². The summed E-state index contributed by atoms with van der Waals surface area (Å²) in [5.41, 5.74) is 0.612. The topological polar surface area (TPSA) is 109 Å². The van der Waals surface area contributed by atoms with Crippen LogP contribution in [-0.4, -0.2) is 27.6 Å². The van der Waals surface area contributed by atoms with E-state index in [-0.39, 0.29) is 23.9 Å². The molecule has 3 rings (SSSR count). The molecule has 1 aromatic heterocycles. The van der Waals surface area contributed by atoms with Crippen LogP contribution in [0.1, 0.15) is 10.6 Å². The Balaban J connectivity index is 1.50. The maximum absolute atomic E-state index is 11.9. The van der Waals surface area contributed by atoms with Crippen molar-refractivity contribution in [2.75, 3.05) is 13.2 Å². The molecule has 1 heterocycles. The van der Waals surface area contributed by atoms with Gasteiger partial charge in [0.15, 0.2) is 0 Å². The van der Waals surface area contributed by atoms with Gasteiger partial charge in [-0.3, -0.25) is 0 Å². The van der Waals surface area contributed by atoms with Gasteiger partial charge in [0, 0.05) is 5.39 Å². The average molecular weight is 361 g/mol. The van der Waals surface area contributed by atoms with Crippen LogP contribution in [0.25, 0.3) is 11.0 Å². The summed E-state index contributed by atoms with van der Waals surface area (Å²) in [5, 5.41) is 5.83. The van der Waals surface area contributed by atoms with Crippen LogP contribution < -0.4 is 9.88 Å². The Labute approximate surface area is 144 Å². The van der Waals surface area contributed by atoms with Gasteiger partial charge in [-0.1, -0.05) is 18.2 Å². The van der Waals surface area contributed by atoms with Crippen LogP contribution in [0.5, 0.6) is 5.75 Å². The van der Waals surface area contributed by atoms with Crippen molar-refractivity contribution in [2.24, 2.45) is 5.14 Å². The smallest absolute Gasteiger partial charge is 0.374 e. The number of benzene rings is 2. The summed E-state index contributed by atoms with van der Waals surface area (Å²) in [6.07, 6.45) is 0. The van der Waals surface area contributed by atoms with Crippen LogP contribution >= 0.6 is 0 Å². The Kier molecular flexibility index (Phi) is 4.73. The average Bonchev–Trinajstić information content (AvgIpc) is 3.02. The minimum Gasteiger partial charge on any atom is -0.490 e. The number of sulfonamides is 1. The van der Waals surface area contributed by atoms with Crippen molar-refractivity contribution in [1.82, 2.24) is 0 Å². The maximum Gasteiger partial charge on any atom is 0.374 e. The highest BCUT2D eigenvalue weighted by molar-refractivity contribution is 7.89. The number of primary sulfonamides is 1. The van der Waals surface area contributed by atoms with Crippen molar-refractivity contribution in [3.63, 3.8) is 0 Å². The summed E-state index contributed by atoms with van der Waals surface area (Å²) in [4.78, 5) is 11.9. The lowest BCUT2D eigenvalue weighted by molar-refractivity contribution is 0.0417. The fourth-order valence-corrected chi connectivity index (χ4v) is 2.69. The zero-order valence-corrected chi connectivity index (χ0v) is 13.9. The van der Waals surface area contributed by atoms with Gasteiger partial charge in [-0.2, -0.15) is 0 Å². The molecule has 2 aromatic carbocycles. The fraction of sp³-hybridized carbons (Fsp3) is 0.118. The second-order valence-corrected chi connectivity index (χ2v) is 6.71. The molecule has 8 heteroatoms. The van der Waals surface area contributed by atoms with Crippen LogP contribution in [0.2, 0.25) is 0 Å². The van der Waals surface area contributed by atoms with E-state index in [4.69, 9.17) is 19.0 Å². The van der Waals surface area contributed by atoms with E-state index in [9.17, 15) is 13.2 Å². The van der Waals surface area contributed by atoms with Gasteiger partial charge in [0.05, 0.1) is 4.90 Å². The third kappa shape index (κ3) is 4.17. The highest BCUT2D eigenvalue weighted by Gasteiger charge is 2.13. The van der Waals surface area contributed by atoms with Crippen LogP contribution in [0.3, 0.4) is 0 Å². The highest BCUT2D eigenvalue weighted by Crippen LogP contribution is 2.19. The first kappa shape index (κ1) is 17.0. The zero-order chi connectivity index (χ0) is 17.9. The van der Waals surface area contributed by atoms with Crippen molar-refractivity contribution in [1.29, 1.82) is 0 Å². The molecule has 0 fully saturated rings. The number of nitrogens with two attached hydrogens (primary N) is 1. The van der Waals surface area contributed by atoms with Crippen LogP contribution in [0.4, 0.5) is 0 Å². The SMILES string of the molecule is NS(=O)(=O)c1ccc(OCCOC(=O)c2cc3ccccc3o2)cc1. The van der Waals surface area contributed by atoms with Gasteiger partial charge in [-0.05, 0) is 36.4 Å². The number of furan rings is 1. The van der Waals surface area contributed by atoms with Crippen LogP contribution in [0.15, 0.2) is 63.9 Å². The van der Waals surface area contributed by atoms with E-state index in [0.717, 1.165) is 5.39 Å². The van der Waals surface area contributed by atoms with Crippen LogP contribution in [0, 0.1) is 0 Å². The number of esters is 1. The first-order valence-electron chi connectivity index (χ1n) is 7.35. The lowest BCUT2D eigenvalue weighted by atomic mass is 10.2. The van der Waals surface area contributed by atoms with Gasteiger partial charge in [-0.15, -0.1) is 0 Å². The van der Waals surface area contributed by atoms with Crippen LogP contribution in [-0.2, 0) is 14.8 Å². The molecule has 0 bridgehead atoms. The summed E-state index contributed by atoms with van der Waals surface area (Å²) in [5.74, 6) is -0.0183. The number of ether oxygens (including phenoxy) is 2. The minimum absolute atomic E-state index is 0.00355. The monoisotopic (exact) mass is 361 g/mol. The summed E-state index contributed by atoms with van der Waals surface area (Å²) in [6, 6.07) is 14.5. The third-order valence-electron chi connectivity index (χ3n) is 3.36. The normalized spacial score (nSPS) is 11.4. The molecule has 0 aliphatic rings. The molecule has 0 unspecified atom stereocenters. The Morgan fingerprint density at radius 2 is 1.76 bits per heavy atom. The maximum atomic E-state index is 11.9. The standard InChI is InChI=1S/C17H15NO6S/c18-25(20,21)14-7-5-13(6-8-14)22-9-10-23-17(19)16-11-12-3-1-2-4-15(12)24-16/h1-8,11H,9-10H2,(H2,18,20,21). The third-order valence-corrected chi connectivity index (χ3v) is 4.29. The number of carbonyl (C=O) groups excluding carboxylic acids is 1. The first-order chi connectivity index (χ1) is 11.9. The van der Waals surface area contributed by atoms with Crippen molar-refractivity contribution < 1.29 is 27.1 Å². The molecule has 0 saturated carbocycles. The predicted octanol–water partition coefficient (Wildman–Crippen LogP) is 2.32. The van der Waals surface area contributed by atoms with Gasteiger partial charge in [0.25, 0.3) is 0 Å². The van der Waals surface area contributed by atoms with Crippen molar-refractivity contribution in [3.05, 3.63) is 60.4 Å². The first-order valence-corrected chi connectivity index (χ1v) is 8.89. The second-order valence-electron chi connectivity index (χ2n) is 5.15. The molecular formula is C17H15NO6S. The largest absolute Gasteiger partial charge is 0.490 e. The summed E-state index contributed by atoms with van der Waals surface area (Å²) < 4.78 is 38.2. The number of para-hydroxylation sites is 1. The molecule has 0 aliphatic heterocycles.